The lowest BCUT2D eigenvalue weighted by atomic mass is 10.1. The summed E-state index contributed by atoms with van der Waals surface area (Å²) in [6.45, 7) is 0. The molecule has 0 fully saturated rings. The molecule has 3 N–H and O–H groups in total. The first kappa shape index (κ1) is 11.2. The highest BCUT2D eigenvalue weighted by Gasteiger charge is 2.08. The molecule has 80 valence electrons. The molecule has 0 aliphatic carbocycles. The molecule has 0 spiro atoms. The van der Waals surface area contributed by atoms with Crippen LogP contribution in [0, 0.1) is 0 Å². The van der Waals surface area contributed by atoms with Gasteiger partial charge in [-0.05, 0) is 12.1 Å². The molecule has 15 heavy (non-hydrogen) atoms. The van der Waals surface area contributed by atoms with Gasteiger partial charge in [0.2, 0.25) is 5.91 Å². The molecule has 0 saturated carbocycles. The van der Waals surface area contributed by atoms with Crippen molar-refractivity contribution in [1.82, 2.24) is 5.32 Å². The van der Waals surface area contributed by atoms with Gasteiger partial charge < -0.3 is 11.1 Å². The number of Topliss-reactive ketones (excluding diaryl/α,β-unsaturated/α-hetero) is 1. The fourth-order valence-corrected chi connectivity index (χ4v) is 1.21. The smallest absolute Gasteiger partial charge is 0.220 e. The third kappa shape index (κ3) is 3.42. The highest BCUT2D eigenvalue weighted by atomic mass is 16.2. The van der Waals surface area contributed by atoms with Crippen LogP contribution in [0.15, 0.2) is 24.3 Å². The van der Waals surface area contributed by atoms with Gasteiger partial charge in [0, 0.05) is 31.1 Å². The van der Waals surface area contributed by atoms with E-state index < -0.39 is 0 Å². The summed E-state index contributed by atoms with van der Waals surface area (Å²) in [6.07, 6.45) is 0.424. The minimum atomic E-state index is -0.132. The molecule has 0 heterocycles. The zero-order valence-corrected chi connectivity index (χ0v) is 8.62. The summed E-state index contributed by atoms with van der Waals surface area (Å²) in [5.41, 5.74) is 6.66. The molecule has 0 aliphatic rings. The van der Waals surface area contributed by atoms with Crippen molar-refractivity contribution in [3.8, 4) is 0 Å². The average Bonchev–Trinajstić information content (AvgIpc) is 2.25. The second-order valence-corrected chi connectivity index (χ2v) is 3.22. The van der Waals surface area contributed by atoms with E-state index in [0.717, 1.165) is 0 Å². The first-order valence-corrected chi connectivity index (χ1v) is 4.73. The first-order chi connectivity index (χ1) is 7.13. The maximum Gasteiger partial charge on any atom is 0.220 e. The maximum absolute atomic E-state index is 11.6. The molecule has 1 aromatic carbocycles. The summed E-state index contributed by atoms with van der Waals surface area (Å²) in [5.74, 6) is -0.196. The molecule has 0 radical (unpaired) electrons. The number of amides is 1. The van der Waals surface area contributed by atoms with Crippen LogP contribution in [0.2, 0.25) is 0 Å². The van der Waals surface area contributed by atoms with Gasteiger partial charge in [-0.15, -0.1) is 0 Å². The fraction of sp³-hybridized carbons (Fsp3) is 0.273. The minimum Gasteiger partial charge on any atom is -0.399 e. The van der Waals surface area contributed by atoms with Gasteiger partial charge in [-0.1, -0.05) is 12.1 Å². The molecule has 0 unspecified atom stereocenters. The Bertz CT molecular complexity index is 375. The van der Waals surface area contributed by atoms with Gasteiger partial charge in [0.25, 0.3) is 0 Å². The molecule has 0 atom stereocenters. The standard InChI is InChI=1S/C11H14N2O2/c1-13-11(15)6-5-10(14)8-3-2-4-9(12)7-8/h2-4,7H,5-6,12H2,1H3,(H,13,15). The van der Waals surface area contributed by atoms with E-state index in [1.165, 1.54) is 0 Å². The number of nitrogen functional groups attached to an aromatic ring is 1. The maximum atomic E-state index is 11.6. The fourth-order valence-electron chi connectivity index (χ4n) is 1.21. The molecule has 0 bridgehead atoms. The van der Waals surface area contributed by atoms with Crippen LogP contribution >= 0.6 is 0 Å². The molecule has 0 saturated heterocycles. The van der Waals surface area contributed by atoms with Gasteiger partial charge in [0.15, 0.2) is 5.78 Å². The van der Waals surface area contributed by atoms with E-state index in [4.69, 9.17) is 5.73 Å². The number of anilines is 1. The number of hydrogen-bond donors (Lipinski definition) is 2. The van der Waals surface area contributed by atoms with Crippen molar-refractivity contribution >= 4 is 17.4 Å². The Morgan fingerprint density at radius 2 is 2.07 bits per heavy atom. The zero-order valence-electron chi connectivity index (χ0n) is 8.62. The van der Waals surface area contributed by atoms with Crippen molar-refractivity contribution in [2.75, 3.05) is 12.8 Å². The number of carbonyl (C=O) groups is 2. The van der Waals surface area contributed by atoms with Gasteiger partial charge in [0.1, 0.15) is 0 Å². The number of benzene rings is 1. The van der Waals surface area contributed by atoms with E-state index >= 15 is 0 Å². The van der Waals surface area contributed by atoms with Crippen molar-refractivity contribution in [3.05, 3.63) is 29.8 Å². The van der Waals surface area contributed by atoms with Crippen LogP contribution in [0.1, 0.15) is 23.2 Å². The van der Waals surface area contributed by atoms with Gasteiger partial charge in [-0.3, -0.25) is 9.59 Å². The second kappa shape index (κ2) is 5.14. The summed E-state index contributed by atoms with van der Waals surface area (Å²) < 4.78 is 0. The monoisotopic (exact) mass is 206 g/mol. The summed E-state index contributed by atoms with van der Waals surface area (Å²) in [7, 11) is 1.55. The van der Waals surface area contributed by atoms with Crippen LogP contribution < -0.4 is 11.1 Å². The Morgan fingerprint density at radius 3 is 2.67 bits per heavy atom. The first-order valence-electron chi connectivity index (χ1n) is 4.73. The molecule has 1 rings (SSSR count). The zero-order chi connectivity index (χ0) is 11.3. The summed E-state index contributed by atoms with van der Waals surface area (Å²) >= 11 is 0. The van der Waals surface area contributed by atoms with Gasteiger partial charge in [-0.2, -0.15) is 0 Å². The Kier molecular flexibility index (Phi) is 3.85. The van der Waals surface area contributed by atoms with Gasteiger partial charge in [-0.25, -0.2) is 0 Å². The molecule has 0 aromatic heterocycles. The highest BCUT2D eigenvalue weighted by molar-refractivity contribution is 5.98. The number of hydrogen-bond acceptors (Lipinski definition) is 3. The van der Waals surface area contributed by atoms with Crippen LogP contribution in [-0.2, 0) is 4.79 Å². The van der Waals surface area contributed by atoms with E-state index in [1.807, 2.05) is 0 Å². The largest absolute Gasteiger partial charge is 0.399 e. The lowest BCUT2D eigenvalue weighted by Gasteiger charge is -2.01. The van der Waals surface area contributed by atoms with Crippen molar-refractivity contribution in [2.45, 2.75) is 12.8 Å². The third-order valence-electron chi connectivity index (χ3n) is 2.07. The molecule has 4 heteroatoms. The van der Waals surface area contributed by atoms with E-state index in [0.29, 0.717) is 11.3 Å². The number of carbonyl (C=O) groups excluding carboxylic acids is 2. The van der Waals surface area contributed by atoms with Crippen molar-refractivity contribution < 1.29 is 9.59 Å². The predicted molar refractivity (Wildman–Crippen MR) is 58.5 cm³/mol. The number of rotatable bonds is 4. The Labute approximate surface area is 88.5 Å². The van der Waals surface area contributed by atoms with Crippen molar-refractivity contribution in [3.63, 3.8) is 0 Å². The van der Waals surface area contributed by atoms with Crippen LogP contribution in [-0.4, -0.2) is 18.7 Å². The van der Waals surface area contributed by atoms with Crippen molar-refractivity contribution in [2.24, 2.45) is 0 Å². The lowest BCUT2D eigenvalue weighted by Crippen LogP contribution is -2.18. The summed E-state index contributed by atoms with van der Waals surface area (Å²) in [6, 6.07) is 6.76. The lowest BCUT2D eigenvalue weighted by molar-refractivity contribution is -0.120. The SMILES string of the molecule is CNC(=O)CCC(=O)c1cccc(N)c1. The van der Waals surface area contributed by atoms with E-state index in [9.17, 15) is 9.59 Å². The van der Waals surface area contributed by atoms with Crippen molar-refractivity contribution in [1.29, 1.82) is 0 Å². The quantitative estimate of drug-likeness (QED) is 0.569. The summed E-state index contributed by atoms with van der Waals surface area (Å²) in [4.78, 5) is 22.5. The van der Waals surface area contributed by atoms with Crippen LogP contribution in [0.5, 0.6) is 0 Å². The summed E-state index contributed by atoms with van der Waals surface area (Å²) in [5, 5.41) is 2.47. The Morgan fingerprint density at radius 1 is 1.33 bits per heavy atom. The number of ketones is 1. The predicted octanol–water partition coefficient (Wildman–Crippen LogP) is 0.978. The van der Waals surface area contributed by atoms with E-state index in [2.05, 4.69) is 5.32 Å². The molecule has 4 nitrogen and oxygen atoms in total. The Balaban J connectivity index is 2.58. The minimum absolute atomic E-state index is 0.0640. The Hall–Kier alpha value is -1.84. The average molecular weight is 206 g/mol. The molecular weight excluding hydrogens is 192 g/mol. The topological polar surface area (TPSA) is 72.2 Å². The van der Waals surface area contributed by atoms with Crippen LogP contribution in [0.3, 0.4) is 0 Å². The van der Waals surface area contributed by atoms with E-state index in [1.54, 1.807) is 31.3 Å². The normalized spacial score (nSPS) is 9.67. The molecule has 1 amide bonds. The molecule has 1 aromatic rings. The molecular formula is C11H14N2O2. The van der Waals surface area contributed by atoms with Gasteiger partial charge in [0.05, 0.1) is 0 Å². The van der Waals surface area contributed by atoms with Gasteiger partial charge >= 0.3 is 0 Å². The third-order valence-corrected chi connectivity index (χ3v) is 2.07. The van der Waals surface area contributed by atoms with E-state index in [-0.39, 0.29) is 24.5 Å². The highest BCUT2D eigenvalue weighted by Crippen LogP contribution is 2.09. The van der Waals surface area contributed by atoms with Crippen LogP contribution in [0.4, 0.5) is 5.69 Å². The van der Waals surface area contributed by atoms with Crippen LogP contribution in [0.25, 0.3) is 0 Å². The second-order valence-electron chi connectivity index (χ2n) is 3.22. The molecule has 0 aliphatic heterocycles. The number of nitrogens with two attached hydrogens (primary N) is 1. The number of nitrogens with one attached hydrogen (secondary N) is 1.